The molecule has 72 heavy (non-hydrogen) atoms. The topological polar surface area (TPSA) is 64.6 Å². The molecule has 0 aromatic heterocycles. The second-order valence-corrected chi connectivity index (χ2v) is 48.5. The second kappa shape index (κ2) is 33.9. The van der Waals surface area contributed by atoms with Gasteiger partial charge in [-0.3, -0.25) is 0 Å². The third kappa shape index (κ3) is 23.9. The van der Waals surface area contributed by atoms with Crippen molar-refractivity contribution in [3.63, 3.8) is 0 Å². The van der Waals surface area contributed by atoms with Crippen molar-refractivity contribution in [3.05, 3.63) is 137 Å². The molecule has 1 heterocycles. The molecule has 7 nitrogen and oxygen atoms in total. The Morgan fingerprint density at radius 1 is 0.458 bits per heavy atom. The molecule has 1 aromatic carbocycles. The summed E-state index contributed by atoms with van der Waals surface area (Å²) >= 11 is 0. The summed E-state index contributed by atoms with van der Waals surface area (Å²) in [6.45, 7) is 57.7. The van der Waals surface area contributed by atoms with Crippen LogP contribution in [0.15, 0.2) is 126 Å². The van der Waals surface area contributed by atoms with E-state index in [1.54, 1.807) is 0 Å². The highest BCUT2D eigenvalue weighted by Crippen LogP contribution is 2.38. The van der Waals surface area contributed by atoms with E-state index in [2.05, 4.69) is 186 Å². The Bertz CT molecular complexity index is 1720. The number of hydrogen-bond donors (Lipinski definition) is 0. The van der Waals surface area contributed by atoms with Crippen molar-refractivity contribution in [2.24, 2.45) is 0 Å². The van der Waals surface area contributed by atoms with Gasteiger partial charge in [-0.1, -0.05) is 144 Å². The summed E-state index contributed by atoms with van der Waals surface area (Å²) in [5.74, 6) is 0. The van der Waals surface area contributed by atoms with Gasteiger partial charge >= 0.3 is 0 Å². The molecule has 5 atom stereocenters. The fraction of sp³-hybridized carbons (Fsp3) is 0.633. The van der Waals surface area contributed by atoms with E-state index < -0.39 is 71.3 Å². The molecule has 1 aliphatic rings. The van der Waals surface area contributed by atoms with Gasteiger partial charge in [0.25, 0.3) is 0 Å². The zero-order chi connectivity index (χ0) is 53.7. The minimum absolute atomic E-state index is 0.144. The molecule has 0 saturated carbocycles. The van der Waals surface area contributed by atoms with E-state index in [1.165, 1.54) is 0 Å². The highest BCUT2D eigenvalue weighted by molar-refractivity contribution is 6.80. The van der Waals surface area contributed by atoms with Gasteiger partial charge in [0.15, 0.2) is 14.6 Å². The Morgan fingerprint density at radius 2 is 0.792 bits per heavy atom. The molecule has 0 unspecified atom stereocenters. The zero-order valence-electron chi connectivity index (χ0n) is 47.6. The van der Waals surface area contributed by atoms with Crippen LogP contribution in [0.2, 0.25) is 117 Å². The van der Waals surface area contributed by atoms with E-state index >= 15 is 0 Å². The van der Waals surface area contributed by atoms with Crippen molar-refractivity contribution in [1.29, 1.82) is 0 Å². The summed E-state index contributed by atoms with van der Waals surface area (Å²) in [4.78, 5) is 0. The largest absolute Gasteiger partial charge is 0.413 e. The van der Waals surface area contributed by atoms with Crippen LogP contribution in [0, 0.1) is 0 Å². The molecular formula is C60H106O7Si5. The summed E-state index contributed by atoms with van der Waals surface area (Å²) < 4.78 is 48.6. The van der Waals surface area contributed by atoms with Crippen LogP contribution < -0.4 is 0 Å². The molecule has 1 aromatic rings. The van der Waals surface area contributed by atoms with Crippen LogP contribution >= 0.6 is 0 Å². The van der Waals surface area contributed by atoms with Gasteiger partial charge in [0, 0.05) is 26.4 Å². The number of benzene rings is 1. The lowest BCUT2D eigenvalue weighted by molar-refractivity contribution is -0.326. The van der Waals surface area contributed by atoms with Gasteiger partial charge < -0.3 is 32.8 Å². The Kier molecular flexibility index (Phi) is 31.1. The number of hydrogen-bond acceptors (Lipinski definition) is 7. The summed E-state index contributed by atoms with van der Waals surface area (Å²) in [5, 5.41) is 0.144. The van der Waals surface area contributed by atoms with Crippen LogP contribution in [0.5, 0.6) is 0 Å². The average Bonchev–Trinajstić information content (AvgIpc) is 3.30. The van der Waals surface area contributed by atoms with E-state index in [1.807, 2.05) is 0 Å². The molecule has 0 amide bonds. The maximum Gasteiger partial charge on any atom is 0.192 e. The molecule has 1 aliphatic heterocycles. The van der Waals surface area contributed by atoms with Gasteiger partial charge in [-0.05, 0) is 103 Å². The van der Waals surface area contributed by atoms with Crippen molar-refractivity contribution in [2.45, 2.75) is 207 Å². The molecule has 1 saturated heterocycles. The molecule has 1 fully saturated rings. The van der Waals surface area contributed by atoms with Crippen LogP contribution in [0.25, 0.3) is 0 Å². The van der Waals surface area contributed by atoms with E-state index in [0.717, 1.165) is 109 Å². The standard InChI is InChI=1S/C60H106O7Si5/c1-18-38-69(14,39-19-2)46-26-34-61-52-55-56(62-35-27-47-70(15,40-20-3)41-21-4)57(63-36-28-48-71(16,42-22-5)43-23-6)58(64-37-29-49-72(17,44-24-7)45-25-8)59(67-55)65-50-53-30-32-54(33-31-53)51-66-68(12,13)60(9,10)11/h18-25,30-33,55-59H,1-8,26-29,34-52H2,9-17H3/t55-,56-,57+,58-,59-/m1/s1. The molecule has 0 radical (unpaired) electrons. The smallest absolute Gasteiger partial charge is 0.192 e. The Morgan fingerprint density at radius 3 is 1.15 bits per heavy atom. The Hall–Kier alpha value is -2.06. The molecule has 0 bridgehead atoms. The van der Waals surface area contributed by atoms with Gasteiger partial charge in [-0.2, -0.15) is 0 Å². The van der Waals surface area contributed by atoms with Gasteiger partial charge in [-0.25, -0.2) is 0 Å². The van der Waals surface area contributed by atoms with E-state index in [4.69, 9.17) is 32.8 Å². The van der Waals surface area contributed by atoms with Crippen LogP contribution in [0.3, 0.4) is 0 Å². The number of rotatable bonds is 43. The van der Waals surface area contributed by atoms with Crippen molar-refractivity contribution >= 4 is 40.6 Å². The van der Waals surface area contributed by atoms with Gasteiger partial charge in [0.2, 0.25) is 0 Å². The maximum absolute atomic E-state index is 7.19. The quantitative estimate of drug-likeness (QED) is 0.0367. The first-order valence-electron chi connectivity index (χ1n) is 27.4. The fourth-order valence-electron chi connectivity index (χ4n) is 10.00. The third-order valence-electron chi connectivity index (χ3n) is 15.6. The lowest BCUT2D eigenvalue weighted by Crippen LogP contribution is -2.62. The van der Waals surface area contributed by atoms with Crippen molar-refractivity contribution < 1.29 is 32.8 Å². The van der Waals surface area contributed by atoms with E-state index in [9.17, 15) is 0 Å². The Balaban J connectivity index is 2.62. The normalized spacial score (nSPS) is 19.1. The molecule has 408 valence electrons. The first kappa shape index (κ1) is 66.1. The van der Waals surface area contributed by atoms with Crippen LogP contribution in [0.1, 0.15) is 57.6 Å². The van der Waals surface area contributed by atoms with Crippen molar-refractivity contribution in [2.75, 3.05) is 33.0 Å². The molecule has 0 aliphatic carbocycles. The monoisotopic (exact) mass is 1080 g/mol. The fourth-order valence-corrected chi connectivity index (χ4v) is 22.8. The Labute approximate surface area is 447 Å². The van der Waals surface area contributed by atoms with Crippen LogP contribution in [-0.4, -0.2) is 104 Å². The van der Waals surface area contributed by atoms with Crippen molar-refractivity contribution in [3.8, 4) is 0 Å². The SMILES string of the molecule is C=CC[Si](C)(CC=C)CCCOC[C@H]1O[C@@H](OCc2ccc(CO[Si](C)(C)C(C)(C)C)cc2)[C@H](OCCC[Si](C)(CC=C)CC=C)[C@@H](OCCC[Si](C)(CC=C)CC=C)[C@@H]1OCCC[Si](C)(CC=C)CC=C. The van der Waals surface area contributed by atoms with Crippen LogP contribution in [-0.2, 0) is 46.1 Å². The van der Waals surface area contributed by atoms with Crippen LogP contribution in [0.4, 0.5) is 0 Å². The summed E-state index contributed by atoms with van der Waals surface area (Å²) in [5.41, 5.74) is 2.21. The molecule has 2 rings (SSSR count). The average molecular weight is 1080 g/mol. The minimum atomic E-state index is -1.90. The lowest BCUT2D eigenvalue weighted by Gasteiger charge is -2.46. The maximum atomic E-state index is 7.19. The predicted octanol–water partition coefficient (Wildman–Crippen LogP) is 17.0. The molecule has 0 spiro atoms. The zero-order valence-corrected chi connectivity index (χ0v) is 52.6. The second-order valence-electron chi connectivity index (χ2n) is 23.9. The number of ether oxygens (including phenoxy) is 6. The summed E-state index contributed by atoms with van der Waals surface area (Å²) in [6, 6.07) is 21.5. The van der Waals surface area contributed by atoms with E-state index in [-0.39, 0.29) is 5.04 Å². The molecular weight excluding hydrogens is 973 g/mol. The van der Waals surface area contributed by atoms with Crippen molar-refractivity contribution in [1.82, 2.24) is 0 Å². The van der Waals surface area contributed by atoms with Gasteiger partial charge in [-0.15, -0.1) is 52.6 Å². The van der Waals surface area contributed by atoms with Gasteiger partial charge in [0.1, 0.15) is 24.4 Å². The lowest BCUT2D eigenvalue weighted by atomic mass is 9.98. The first-order valence-corrected chi connectivity index (χ1v) is 42.8. The van der Waals surface area contributed by atoms with E-state index in [0.29, 0.717) is 46.2 Å². The highest BCUT2D eigenvalue weighted by atomic mass is 28.4. The minimum Gasteiger partial charge on any atom is -0.413 e. The summed E-state index contributed by atoms with van der Waals surface area (Å²) in [6.07, 6.45) is 17.8. The predicted molar refractivity (Wildman–Crippen MR) is 326 cm³/mol. The summed E-state index contributed by atoms with van der Waals surface area (Å²) in [7, 11) is -8.29. The molecule has 0 N–H and O–H groups in total. The number of allylic oxidation sites excluding steroid dienone is 8. The highest BCUT2D eigenvalue weighted by Gasteiger charge is 2.49. The first-order chi connectivity index (χ1) is 34.1. The van der Waals surface area contributed by atoms with Gasteiger partial charge in [0.05, 0.1) is 52.1 Å². The third-order valence-corrected chi connectivity index (χ3v) is 36.5. The molecule has 12 heteroatoms.